The molecule has 0 saturated heterocycles. The smallest absolute Gasteiger partial charge is 0.305 e. The molecular weight excluding hydrogens is 422 g/mol. The zero-order valence-corrected chi connectivity index (χ0v) is 18.4. The van der Waals surface area contributed by atoms with Crippen LogP contribution in [0.3, 0.4) is 0 Å². The number of benzene rings is 3. The van der Waals surface area contributed by atoms with Crippen LogP contribution < -0.4 is 9.47 Å². The maximum Gasteiger partial charge on any atom is 0.305 e. The second kappa shape index (κ2) is 10.2. The summed E-state index contributed by atoms with van der Waals surface area (Å²) in [4.78, 5) is 39.0. The van der Waals surface area contributed by atoms with Crippen molar-refractivity contribution >= 4 is 28.6 Å². The van der Waals surface area contributed by atoms with Crippen LogP contribution in [0, 0.1) is 0 Å². The van der Waals surface area contributed by atoms with Crippen LogP contribution in [0.15, 0.2) is 60.7 Å². The van der Waals surface area contributed by atoms with Gasteiger partial charge in [-0.15, -0.1) is 0 Å². The van der Waals surface area contributed by atoms with Gasteiger partial charge in [0.05, 0.1) is 6.61 Å². The number of ether oxygens (including phenoxy) is 3. The van der Waals surface area contributed by atoms with E-state index in [0.29, 0.717) is 35.3 Å². The van der Waals surface area contributed by atoms with Gasteiger partial charge in [0.15, 0.2) is 0 Å². The van der Waals surface area contributed by atoms with E-state index in [4.69, 9.17) is 14.2 Å². The first kappa shape index (κ1) is 22.3. The van der Waals surface area contributed by atoms with Crippen molar-refractivity contribution in [3.8, 4) is 11.5 Å². The van der Waals surface area contributed by atoms with Gasteiger partial charge in [-0.3, -0.25) is 19.3 Å². The van der Waals surface area contributed by atoms with Crippen LogP contribution in [0.4, 0.5) is 0 Å². The highest BCUT2D eigenvalue weighted by atomic mass is 16.6. The summed E-state index contributed by atoms with van der Waals surface area (Å²) in [6.07, 6.45) is 0.431. The predicted octanol–water partition coefficient (Wildman–Crippen LogP) is 4.24. The third kappa shape index (κ3) is 4.98. The Bertz CT molecular complexity index is 1120. The van der Waals surface area contributed by atoms with E-state index in [1.165, 1.54) is 4.90 Å². The summed E-state index contributed by atoms with van der Waals surface area (Å²) in [6, 6.07) is 18.0. The molecule has 170 valence electrons. The fourth-order valence-electron chi connectivity index (χ4n) is 3.85. The molecule has 0 saturated carbocycles. The number of hydrogen-bond donors (Lipinski definition) is 0. The Morgan fingerprint density at radius 3 is 2.03 bits per heavy atom. The molecule has 7 nitrogen and oxygen atoms in total. The summed E-state index contributed by atoms with van der Waals surface area (Å²) in [5, 5.41) is 1.56. The first-order valence-electron chi connectivity index (χ1n) is 11.0. The molecule has 0 atom stereocenters. The molecule has 4 rings (SSSR count). The number of imide groups is 1. The van der Waals surface area contributed by atoms with Crippen molar-refractivity contribution in [2.24, 2.45) is 0 Å². The van der Waals surface area contributed by atoms with E-state index in [1.54, 1.807) is 36.4 Å². The zero-order valence-electron chi connectivity index (χ0n) is 18.4. The first-order chi connectivity index (χ1) is 16.1. The zero-order chi connectivity index (χ0) is 23.2. The Labute approximate surface area is 191 Å². The summed E-state index contributed by atoms with van der Waals surface area (Å²) in [7, 11) is 0. The molecule has 0 radical (unpaired) electrons. The molecule has 0 unspecified atom stereocenters. The van der Waals surface area contributed by atoms with Gasteiger partial charge in [-0.1, -0.05) is 24.3 Å². The molecule has 33 heavy (non-hydrogen) atoms. The van der Waals surface area contributed by atoms with Gasteiger partial charge >= 0.3 is 5.97 Å². The second-order valence-corrected chi connectivity index (χ2v) is 7.55. The number of carbonyl (C=O) groups is 3. The van der Waals surface area contributed by atoms with Gasteiger partial charge in [0, 0.05) is 29.5 Å². The summed E-state index contributed by atoms with van der Waals surface area (Å²) in [5.41, 5.74) is 1.02. The monoisotopic (exact) mass is 447 g/mol. The van der Waals surface area contributed by atoms with Crippen molar-refractivity contribution in [1.82, 2.24) is 4.90 Å². The van der Waals surface area contributed by atoms with Crippen LogP contribution in [0.2, 0.25) is 0 Å². The fourth-order valence-corrected chi connectivity index (χ4v) is 3.85. The molecule has 3 aromatic carbocycles. The van der Waals surface area contributed by atoms with Crippen LogP contribution in [0.5, 0.6) is 11.5 Å². The van der Waals surface area contributed by atoms with Crippen LogP contribution in [-0.2, 0) is 9.53 Å². The fraction of sp³-hybridized carbons (Fsp3) is 0.269. The molecule has 1 aliphatic heterocycles. The minimum Gasteiger partial charge on any atom is -0.494 e. The lowest BCUT2D eigenvalue weighted by atomic mass is 9.94. The Hall–Kier alpha value is -3.87. The molecule has 0 aliphatic carbocycles. The van der Waals surface area contributed by atoms with Gasteiger partial charge < -0.3 is 14.2 Å². The number of esters is 1. The normalized spacial score (nSPS) is 12.7. The molecule has 1 aliphatic rings. The topological polar surface area (TPSA) is 82.1 Å². The summed E-state index contributed by atoms with van der Waals surface area (Å²) in [5.74, 6) is 0.363. The molecule has 1 heterocycles. The minimum absolute atomic E-state index is 0.103. The summed E-state index contributed by atoms with van der Waals surface area (Å²) < 4.78 is 16.1. The average molecular weight is 447 g/mol. The molecule has 0 fully saturated rings. The molecule has 2 amide bonds. The summed E-state index contributed by atoms with van der Waals surface area (Å²) in [6.45, 7) is 3.01. The van der Waals surface area contributed by atoms with Gasteiger partial charge in [0.1, 0.15) is 24.7 Å². The van der Waals surface area contributed by atoms with Crippen LogP contribution in [0.25, 0.3) is 10.8 Å². The largest absolute Gasteiger partial charge is 0.494 e. The van der Waals surface area contributed by atoms with Crippen molar-refractivity contribution in [3.05, 3.63) is 71.8 Å². The highest BCUT2D eigenvalue weighted by molar-refractivity contribution is 6.25. The molecule has 7 heteroatoms. The standard InChI is InChI=1S/C26H25NO6/c1-2-31-19-11-13-20(14-12-19)32-16-17-33-23(28)10-5-15-27-25(29)21-8-3-6-18-7-4-9-22(24(18)21)26(27)30/h3-4,6-9,11-14H,2,5,10,15-17H2,1H3. The van der Waals surface area contributed by atoms with E-state index < -0.39 is 5.97 Å². The maximum absolute atomic E-state index is 12.9. The second-order valence-electron chi connectivity index (χ2n) is 7.55. The lowest BCUT2D eigenvalue weighted by Gasteiger charge is -2.27. The van der Waals surface area contributed by atoms with E-state index >= 15 is 0 Å². The minimum atomic E-state index is -0.398. The van der Waals surface area contributed by atoms with Crippen LogP contribution in [0.1, 0.15) is 40.5 Å². The van der Waals surface area contributed by atoms with Crippen molar-refractivity contribution in [3.63, 3.8) is 0 Å². The Kier molecular flexibility index (Phi) is 6.88. The Morgan fingerprint density at radius 1 is 0.818 bits per heavy atom. The van der Waals surface area contributed by atoms with E-state index in [-0.39, 0.29) is 38.0 Å². The number of amides is 2. The van der Waals surface area contributed by atoms with Crippen molar-refractivity contribution in [2.75, 3.05) is 26.4 Å². The molecular formula is C26H25NO6. The first-order valence-corrected chi connectivity index (χ1v) is 11.0. The van der Waals surface area contributed by atoms with Gasteiger partial charge in [-0.05, 0) is 55.1 Å². The van der Waals surface area contributed by atoms with Gasteiger partial charge in [-0.25, -0.2) is 0 Å². The number of hydrogen-bond acceptors (Lipinski definition) is 6. The summed E-state index contributed by atoms with van der Waals surface area (Å²) >= 11 is 0. The lowest BCUT2D eigenvalue weighted by Crippen LogP contribution is -2.41. The SMILES string of the molecule is CCOc1ccc(OCCOC(=O)CCCN2C(=O)c3cccc4cccc(c34)C2=O)cc1. The Morgan fingerprint density at radius 2 is 1.42 bits per heavy atom. The van der Waals surface area contributed by atoms with Crippen LogP contribution >= 0.6 is 0 Å². The lowest BCUT2D eigenvalue weighted by molar-refractivity contribution is -0.144. The van der Waals surface area contributed by atoms with Crippen molar-refractivity contribution in [1.29, 1.82) is 0 Å². The number of rotatable bonds is 10. The van der Waals surface area contributed by atoms with Crippen molar-refractivity contribution in [2.45, 2.75) is 19.8 Å². The van der Waals surface area contributed by atoms with E-state index in [0.717, 1.165) is 11.1 Å². The highest BCUT2D eigenvalue weighted by Crippen LogP contribution is 2.30. The molecule has 0 bridgehead atoms. The third-order valence-electron chi connectivity index (χ3n) is 5.37. The quantitative estimate of drug-likeness (QED) is 0.263. The van der Waals surface area contributed by atoms with E-state index in [9.17, 15) is 14.4 Å². The molecule has 0 spiro atoms. The van der Waals surface area contributed by atoms with Gasteiger partial charge in [0.25, 0.3) is 11.8 Å². The van der Waals surface area contributed by atoms with Gasteiger partial charge in [-0.2, -0.15) is 0 Å². The number of nitrogens with zero attached hydrogens (tertiary/aromatic N) is 1. The predicted molar refractivity (Wildman–Crippen MR) is 123 cm³/mol. The van der Waals surface area contributed by atoms with E-state index in [1.807, 2.05) is 31.2 Å². The van der Waals surface area contributed by atoms with E-state index in [2.05, 4.69) is 0 Å². The molecule has 0 aromatic heterocycles. The Balaban J connectivity index is 1.22. The van der Waals surface area contributed by atoms with Gasteiger partial charge in [0.2, 0.25) is 0 Å². The molecule has 0 N–H and O–H groups in total. The number of carbonyl (C=O) groups excluding carboxylic acids is 3. The third-order valence-corrected chi connectivity index (χ3v) is 5.37. The van der Waals surface area contributed by atoms with Crippen LogP contribution in [-0.4, -0.2) is 49.0 Å². The van der Waals surface area contributed by atoms with Crippen molar-refractivity contribution < 1.29 is 28.6 Å². The average Bonchev–Trinajstić information content (AvgIpc) is 2.83. The molecule has 3 aromatic rings. The maximum atomic E-state index is 12.9. The highest BCUT2D eigenvalue weighted by Gasteiger charge is 2.32.